The summed E-state index contributed by atoms with van der Waals surface area (Å²) in [6, 6.07) is 17.8. The number of nitriles is 1. The minimum atomic E-state index is -1.28. The van der Waals surface area contributed by atoms with Gasteiger partial charge in [0.1, 0.15) is 11.5 Å². The number of benzene rings is 3. The number of nitrogens with zero attached hydrogens (tertiary/aromatic N) is 4. The molecule has 0 aliphatic rings. The quantitative estimate of drug-likeness (QED) is 0.225. The van der Waals surface area contributed by atoms with Crippen molar-refractivity contribution < 1.29 is 18.7 Å². The normalized spacial score (nSPS) is 11.6. The summed E-state index contributed by atoms with van der Waals surface area (Å²) < 4.78 is 27.0. The van der Waals surface area contributed by atoms with E-state index in [1.807, 2.05) is 12.1 Å². The Morgan fingerprint density at radius 2 is 1.87 bits per heavy atom. The molecule has 0 aliphatic carbocycles. The highest BCUT2D eigenvalue weighted by molar-refractivity contribution is 6.12. The summed E-state index contributed by atoms with van der Waals surface area (Å²) in [7, 11) is 3.27. The summed E-state index contributed by atoms with van der Waals surface area (Å²) in [5.74, 6) is -1.24. The number of fused-ring (bicyclic) bond motifs is 3. The lowest BCUT2D eigenvalue weighted by Crippen LogP contribution is -2.40. The molecule has 2 heterocycles. The van der Waals surface area contributed by atoms with E-state index >= 15 is 0 Å². The van der Waals surface area contributed by atoms with Crippen molar-refractivity contribution in [2.75, 3.05) is 7.11 Å². The van der Waals surface area contributed by atoms with Crippen molar-refractivity contribution in [3.05, 3.63) is 83.8 Å². The molecule has 0 saturated heterocycles. The molecule has 1 amide bonds. The molecular formula is C28H22FN7O3. The Labute approximate surface area is 221 Å². The molecule has 194 valence electrons. The zero-order valence-electron chi connectivity index (χ0n) is 20.9. The first-order valence-electron chi connectivity index (χ1n) is 11.7. The van der Waals surface area contributed by atoms with Crippen LogP contribution in [0.1, 0.15) is 17.2 Å². The van der Waals surface area contributed by atoms with Crippen molar-refractivity contribution in [3.63, 3.8) is 0 Å². The van der Waals surface area contributed by atoms with Crippen molar-refractivity contribution in [2.45, 2.75) is 6.10 Å². The molecule has 0 aliphatic heterocycles. The van der Waals surface area contributed by atoms with Crippen molar-refractivity contribution in [2.24, 2.45) is 12.8 Å². The van der Waals surface area contributed by atoms with Gasteiger partial charge in [-0.3, -0.25) is 25.2 Å². The lowest BCUT2D eigenvalue weighted by molar-refractivity contribution is -0.126. The number of amides is 1. The van der Waals surface area contributed by atoms with Gasteiger partial charge in [0, 0.05) is 35.0 Å². The van der Waals surface area contributed by atoms with Gasteiger partial charge in [-0.2, -0.15) is 10.4 Å². The maximum atomic E-state index is 13.6. The number of nitrogens with one attached hydrogen (secondary N) is 2. The third-order valence-corrected chi connectivity index (χ3v) is 6.17. The topological polar surface area (TPSA) is 152 Å². The van der Waals surface area contributed by atoms with E-state index in [2.05, 4.69) is 16.4 Å². The second-order valence-electron chi connectivity index (χ2n) is 8.65. The van der Waals surface area contributed by atoms with Crippen LogP contribution in [-0.4, -0.2) is 33.7 Å². The van der Waals surface area contributed by atoms with Crippen molar-refractivity contribution in [1.29, 1.82) is 10.7 Å². The lowest BCUT2D eigenvalue weighted by Gasteiger charge is -2.21. The number of pyridine rings is 1. The predicted octanol–water partition coefficient (Wildman–Crippen LogP) is 3.94. The van der Waals surface area contributed by atoms with Gasteiger partial charge < -0.3 is 15.2 Å². The molecule has 1 unspecified atom stereocenters. The summed E-state index contributed by atoms with van der Waals surface area (Å²) in [6.07, 6.45) is 0.430. The van der Waals surface area contributed by atoms with Crippen LogP contribution >= 0.6 is 0 Å². The lowest BCUT2D eigenvalue weighted by atomic mass is 10.0. The van der Waals surface area contributed by atoms with Gasteiger partial charge in [-0.15, -0.1) is 0 Å². The van der Waals surface area contributed by atoms with E-state index in [-0.39, 0.29) is 5.75 Å². The van der Waals surface area contributed by atoms with E-state index in [0.29, 0.717) is 33.5 Å². The SMILES string of the molecule is COc1cc2ncc3c(c(-c4ccc(C#N)cc4)nn3C)c2cc1OC(C(=O)NC(=N)N)c1ccc(F)cc1. The second-order valence-corrected chi connectivity index (χ2v) is 8.65. The molecule has 39 heavy (non-hydrogen) atoms. The number of ether oxygens (including phenoxy) is 2. The van der Waals surface area contributed by atoms with E-state index in [4.69, 9.17) is 25.7 Å². The highest BCUT2D eigenvalue weighted by Gasteiger charge is 2.26. The first kappa shape index (κ1) is 25.2. The van der Waals surface area contributed by atoms with Crippen LogP contribution in [0.5, 0.6) is 11.5 Å². The van der Waals surface area contributed by atoms with Gasteiger partial charge in [0.15, 0.2) is 17.5 Å². The highest BCUT2D eigenvalue weighted by atomic mass is 19.1. The van der Waals surface area contributed by atoms with Gasteiger partial charge in [-0.05, 0) is 30.3 Å². The first-order valence-corrected chi connectivity index (χ1v) is 11.7. The van der Waals surface area contributed by atoms with Gasteiger partial charge in [-0.25, -0.2) is 4.39 Å². The van der Waals surface area contributed by atoms with Crippen LogP contribution in [-0.2, 0) is 11.8 Å². The molecule has 0 saturated carbocycles. The van der Waals surface area contributed by atoms with Crippen LogP contribution in [0.15, 0.2) is 66.9 Å². The van der Waals surface area contributed by atoms with Gasteiger partial charge >= 0.3 is 0 Å². The Hall–Kier alpha value is -5.50. The minimum Gasteiger partial charge on any atom is -0.493 e. The second kappa shape index (κ2) is 10.1. The van der Waals surface area contributed by atoms with E-state index in [1.54, 1.807) is 42.2 Å². The largest absolute Gasteiger partial charge is 0.493 e. The third kappa shape index (κ3) is 4.78. The standard InChI is InChI=1S/C28H22FN7O3/c1-36-21-14-33-20-12-22(38-2)23(39-26(27(37)34-28(31)32)17-7-9-18(29)10-8-17)11-19(20)24(21)25(35-36)16-5-3-15(13-30)4-6-16/h3-12,14,26H,1-2H3,(H4,31,32,34,37). The fourth-order valence-corrected chi connectivity index (χ4v) is 4.33. The number of carbonyl (C=O) groups excluding carboxylic acids is 1. The zero-order valence-corrected chi connectivity index (χ0v) is 20.9. The molecule has 0 radical (unpaired) electrons. The van der Waals surface area contributed by atoms with Gasteiger partial charge in [0.2, 0.25) is 6.10 Å². The van der Waals surface area contributed by atoms with Gasteiger partial charge in [-0.1, -0.05) is 24.3 Å². The summed E-state index contributed by atoms with van der Waals surface area (Å²) in [6.45, 7) is 0. The number of aromatic nitrogens is 3. The Morgan fingerprint density at radius 3 is 2.51 bits per heavy atom. The highest BCUT2D eigenvalue weighted by Crippen LogP contribution is 2.40. The number of rotatable bonds is 6. The number of aryl methyl sites for hydroxylation is 1. The smallest absolute Gasteiger partial charge is 0.272 e. The number of guanidine groups is 1. The minimum absolute atomic E-state index is 0.210. The summed E-state index contributed by atoms with van der Waals surface area (Å²) in [4.78, 5) is 17.5. The maximum absolute atomic E-state index is 13.6. The van der Waals surface area contributed by atoms with Crippen molar-refractivity contribution >= 4 is 33.7 Å². The van der Waals surface area contributed by atoms with E-state index in [1.165, 1.54) is 31.4 Å². The molecular weight excluding hydrogens is 501 g/mol. The Morgan fingerprint density at radius 1 is 1.15 bits per heavy atom. The number of hydrogen-bond donors (Lipinski definition) is 3. The van der Waals surface area contributed by atoms with E-state index in [9.17, 15) is 14.4 Å². The van der Waals surface area contributed by atoms with Crippen LogP contribution in [0.3, 0.4) is 0 Å². The molecule has 5 rings (SSSR count). The van der Waals surface area contributed by atoms with Crippen LogP contribution in [0.4, 0.5) is 4.39 Å². The number of halogens is 1. The zero-order chi connectivity index (χ0) is 27.7. The number of hydrogen-bond acceptors (Lipinski definition) is 7. The van der Waals surface area contributed by atoms with Crippen LogP contribution in [0, 0.1) is 22.6 Å². The average molecular weight is 524 g/mol. The summed E-state index contributed by atoms with van der Waals surface area (Å²) in [5, 5.41) is 25.1. The fourth-order valence-electron chi connectivity index (χ4n) is 4.33. The summed E-state index contributed by atoms with van der Waals surface area (Å²) >= 11 is 0. The molecule has 0 spiro atoms. The molecule has 10 nitrogen and oxygen atoms in total. The van der Waals surface area contributed by atoms with E-state index in [0.717, 1.165) is 16.5 Å². The van der Waals surface area contributed by atoms with Crippen molar-refractivity contribution in [1.82, 2.24) is 20.1 Å². The molecule has 1 atom stereocenters. The molecule has 0 fully saturated rings. The Kier molecular flexibility index (Phi) is 6.52. The number of carbonyl (C=O) groups is 1. The number of nitrogens with two attached hydrogens (primary N) is 1. The molecule has 3 aromatic carbocycles. The fraction of sp³-hybridized carbons (Fsp3) is 0.107. The molecule has 0 bridgehead atoms. The monoisotopic (exact) mass is 523 g/mol. The summed E-state index contributed by atoms with van der Waals surface area (Å²) in [5.41, 5.74) is 9.08. The van der Waals surface area contributed by atoms with Gasteiger partial charge in [0.25, 0.3) is 5.91 Å². The molecule has 5 aromatic rings. The van der Waals surface area contributed by atoms with Gasteiger partial charge in [0.05, 0.1) is 36.0 Å². The average Bonchev–Trinajstić information content (AvgIpc) is 3.28. The molecule has 2 aromatic heterocycles. The predicted molar refractivity (Wildman–Crippen MR) is 143 cm³/mol. The van der Waals surface area contributed by atoms with Crippen LogP contribution in [0.25, 0.3) is 33.1 Å². The van der Waals surface area contributed by atoms with Crippen molar-refractivity contribution in [3.8, 4) is 28.8 Å². The molecule has 4 N–H and O–H groups in total. The van der Waals surface area contributed by atoms with Crippen LogP contribution in [0.2, 0.25) is 0 Å². The number of methoxy groups -OCH3 is 1. The Bertz CT molecular complexity index is 1770. The maximum Gasteiger partial charge on any atom is 0.272 e. The van der Waals surface area contributed by atoms with E-state index < -0.39 is 23.8 Å². The third-order valence-electron chi connectivity index (χ3n) is 6.17. The van der Waals surface area contributed by atoms with Crippen LogP contribution < -0.4 is 20.5 Å². The molecule has 11 heteroatoms. The Balaban J connectivity index is 1.69. The first-order chi connectivity index (χ1) is 18.8.